The Hall–Kier alpha value is -5.08. The molecule has 6 aromatic carbocycles. The van der Waals surface area contributed by atoms with Gasteiger partial charge < -0.3 is 9.32 Å². The molecule has 2 heteroatoms. The van der Waals surface area contributed by atoms with Crippen LogP contribution in [0.15, 0.2) is 126 Å². The summed E-state index contributed by atoms with van der Waals surface area (Å²) < 4.78 is 6.93. The summed E-state index contributed by atoms with van der Waals surface area (Å²) in [5.74, 6) is 0.555. The van der Waals surface area contributed by atoms with Gasteiger partial charge in [-0.15, -0.1) is 0 Å². The van der Waals surface area contributed by atoms with E-state index in [4.69, 9.17) is 4.42 Å². The van der Waals surface area contributed by atoms with Crippen LogP contribution in [0.3, 0.4) is 0 Å². The standard InChI is InChI=1S/C46H35NO/c1-2-10-28(11-3-1)31-18-20-38-42-41(31)29-22-25-46(42,27-29)43-39(21-19-35-34-13-5-7-15-40(34)48-44(35)43)47(38)30-16-17-33-32-12-4-6-14-36(32)45(37(33)26-30)23-8-9-24-45/h1-7,10-21,26,29H,8-9,22-25,27H2. The van der Waals surface area contributed by atoms with Crippen LogP contribution in [0.2, 0.25) is 0 Å². The quantitative estimate of drug-likeness (QED) is 0.192. The Morgan fingerprint density at radius 2 is 1.33 bits per heavy atom. The van der Waals surface area contributed by atoms with Crippen LogP contribution in [0.25, 0.3) is 44.2 Å². The molecule has 2 unspecified atom stereocenters. The SMILES string of the molecule is c1ccc(-c2ccc3c4c2C2CCC4(C2)c2c(ccc4c2oc2ccccc24)N3c2ccc3c(c2)C2(CCCC2)c2ccccc2-3)cc1. The third-order valence-corrected chi connectivity index (χ3v) is 13.2. The van der Waals surface area contributed by atoms with Crippen LogP contribution < -0.4 is 4.90 Å². The molecule has 2 fully saturated rings. The van der Waals surface area contributed by atoms with E-state index < -0.39 is 0 Å². The zero-order valence-electron chi connectivity index (χ0n) is 26.9. The van der Waals surface area contributed by atoms with Crippen LogP contribution in [0.4, 0.5) is 17.1 Å². The number of hydrogen-bond acceptors (Lipinski definition) is 2. The average molecular weight is 618 g/mol. The molecule has 2 heterocycles. The number of nitrogens with zero attached hydrogens (tertiary/aromatic N) is 1. The zero-order valence-corrected chi connectivity index (χ0v) is 26.9. The molecule has 2 bridgehead atoms. The highest BCUT2D eigenvalue weighted by molar-refractivity contribution is 6.09. The first kappa shape index (κ1) is 25.9. The molecule has 2 nitrogen and oxygen atoms in total. The predicted octanol–water partition coefficient (Wildman–Crippen LogP) is 12.4. The Morgan fingerprint density at radius 3 is 2.25 bits per heavy atom. The van der Waals surface area contributed by atoms with E-state index in [1.165, 1.54) is 106 Å². The third kappa shape index (κ3) is 2.98. The Balaban J connectivity index is 1.17. The molecule has 2 saturated carbocycles. The second-order valence-corrected chi connectivity index (χ2v) is 15.1. The lowest BCUT2D eigenvalue weighted by Gasteiger charge is -2.44. The summed E-state index contributed by atoms with van der Waals surface area (Å²) in [6, 6.07) is 46.0. The fourth-order valence-corrected chi connectivity index (χ4v) is 11.4. The van der Waals surface area contributed by atoms with E-state index >= 15 is 0 Å². The molecule has 2 atom stereocenters. The fraction of sp³-hybridized carbons (Fsp3) is 0.217. The van der Waals surface area contributed by atoms with E-state index in [-0.39, 0.29) is 10.8 Å². The van der Waals surface area contributed by atoms with Gasteiger partial charge in [-0.25, -0.2) is 0 Å². The molecule has 12 rings (SSSR count). The molecule has 0 radical (unpaired) electrons. The van der Waals surface area contributed by atoms with Crippen molar-refractivity contribution in [2.45, 2.75) is 61.7 Å². The first-order valence-electron chi connectivity index (χ1n) is 18.0. The van der Waals surface area contributed by atoms with Crippen molar-refractivity contribution in [3.8, 4) is 22.3 Å². The molecular weight excluding hydrogens is 583 g/mol. The van der Waals surface area contributed by atoms with E-state index in [9.17, 15) is 0 Å². The second kappa shape index (κ2) is 8.88. The van der Waals surface area contributed by atoms with Gasteiger partial charge in [-0.2, -0.15) is 0 Å². The van der Waals surface area contributed by atoms with Crippen LogP contribution >= 0.6 is 0 Å². The summed E-state index contributed by atoms with van der Waals surface area (Å²) in [6.07, 6.45) is 8.64. The van der Waals surface area contributed by atoms with E-state index in [1.807, 2.05) is 0 Å². The van der Waals surface area contributed by atoms with Gasteiger partial charge in [0, 0.05) is 32.9 Å². The lowest BCUT2D eigenvalue weighted by molar-refractivity contribution is 0.535. The Morgan fingerprint density at radius 1 is 0.583 bits per heavy atom. The summed E-state index contributed by atoms with van der Waals surface area (Å²) >= 11 is 0. The van der Waals surface area contributed by atoms with Crippen molar-refractivity contribution in [3.05, 3.63) is 149 Å². The molecule has 0 N–H and O–H groups in total. The van der Waals surface area contributed by atoms with Gasteiger partial charge in [-0.3, -0.25) is 0 Å². The Labute approximate surface area is 280 Å². The van der Waals surface area contributed by atoms with Gasteiger partial charge in [0.05, 0.1) is 11.4 Å². The number of fused-ring (bicyclic) bond motifs is 12. The smallest absolute Gasteiger partial charge is 0.141 e. The number of furan rings is 1. The number of rotatable bonds is 2. The molecule has 5 aliphatic rings. The van der Waals surface area contributed by atoms with Crippen molar-refractivity contribution in [3.63, 3.8) is 0 Å². The lowest BCUT2D eigenvalue weighted by Crippen LogP contribution is -2.33. The summed E-state index contributed by atoms with van der Waals surface area (Å²) in [6.45, 7) is 0. The van der Waals surface area contributed by atoms with E-state index in [1.54, 1.807) is 16.7 Å². The normalized spacial score (nSPS) is 22.0. The number of anilines is 3. The molecule has 230 valence electrons. The van der Waals surface area contributed by atoms with Gasteiger partial charge in [0.25, 0.3) is 0 Å². The van der Waals surface area contributed by atoms with E-state index in [0.29, 0.717) is 5.92 Å². The number of hydrogen-bond donors (Lipinski definition) is 0. The monoisotopic (exact) mass is 617 g/mol. The molecule has 4 aliphatic carbocycles. The van der Waals surface area contributed by atoms with Crippen molar-refractivity contribution in [2.24, 2.45) is 0 Å². The summed E-state index contributed by atoms with van der Waals surface area (Å²) in [5, 5.41) is 2.46. The third-order valence-electron chi connectivity index (χ3n) is 13.2. The van der Waals surface area contributed by atoms with Crippen molar-refractivity contribution in [1.29, 1.82) is 0 Å². The van der Waals surface area contributed by atoms with E-state index in [0.717, 1.165) is 11.2 Å². The summed E-state index contributed by atoms with van der Waals surface area (Å²) in [5.41, 5.74) is 19.3. The lowest BCUT2D eigenvalue weighted by atomic mass is 9.68. The highest BCUT2D eigenvalue weighted by atomic mass is 16.3. The topological polar surface area (TPSA) is 16.4 Å². The van der Waals surface area contributed by atoms with Gasteiger partial charge in [-0.1, -0.05) is 97.8 Å². The highest BCUT2D eigenvalue weighted by Gasteiger charge is 2.57. The van der Waals surface area contributed by atoms with Crippen molar-refractivity contribution in [1.82, 2.24) is 0 Å². The van der Waals surface area contributed by atoms with Gasteiger partial charge >= 0.3 is 0 Å². The maximum atomic E-state index is 6.93. The van der Waals surface area contributed by atoms with Crippen molar-refractivity contribution >= 4 is 39.0 Å². The minimum Gasteiger partial charge on any atom is -0.456 e. The second-order valence-electron chi connectivity index (χ2n) is 15.1. The van der Waals surface area contributed by atoms with Gasteiger partial charge in [-0.05, 0) is 119 Å². The Bertz CT molecular complexity index is 2510. The minimum absolute atomic E-state index is 0.0427. The first-order valence-corrected chi connectivity index (χ1v) is 18.0. The number of para-hydroxylation sites is 1. The predicted molar refractivity (Wildman–Crippen MR) is 196 cm³/mol. The van der Waals surface area contributed by atoms with Crippen LogP contribution in [-0.2, 0) is 10.8 Å². The van der Waals surface area contributed by atoms with Gasteiger partial charge in [0.2, 0.25) is 0 Å². The van der Waals surface area contributed by atoms with Crippen LogP contribution in [0.5, 0.6) is 0 Å². The first-order chi connectivity index (χ1) is 23.8. The van der Waals surface area contributed by atoms with Crippen LogP contribution in [0, 0.1) is 0 Å². The summed E-state index contributed by atoms with van der Waals surface area (Å²) in [4.78, 5) is 2.62. The largest absolute Gasteiger partial charge is 0.456 e. The van der Waals surface area contributed by atoms with Gasteiger partial charge in [0.1, 0.15) is 11.2 Å². The molecule has 0 amide bonds. The maximum Gasteiger partial charge on any atom is 0.141 e. The molecule has 1 aliphatic heterocycles. The zero-order chi connectivity index (χ0) is 31.2. The Kier molecular flexibility index (Phi) is 4.80. The molecule has 7 aromatic rings. The van der Waals surface area contributed by atoms with Crippen molar-refractivity contribution < 1.29 is 4.42 Å². The van der Waals surface area contributed by atoms with Gasteiger partial charge in [0.15, 0.2) is 0 Å². The fourth-order valence-electron chi connectivity index (χ4n) is 11.4. The van der Waals surface area contributed by atoms with E-state index in [2.05, 4.69) is 126 Å². The average Bonchev–Trinajstić information content (AvgIpc) is 3.97. The molecule has 2 spiro atoms. The maximum absolute atomic E-state index is 6.93. The molecule has 0 saturated heterocycles. The minimum atomic E-state index is -0.0427. The highest BCUT2D eigenvalue weighted by Crippen LogP contribution is 2.70. The summed E-state index contributed by atoms with van der Waals surface area (Å²) in [7, 11) is 0. The van der Waals surface area contributed by atoms with Crippen LogP contribution in [-0.4, -0.2) is 0 Å². The molecule has 1 aromatic heterocycles. The van der Waals surface area contributed by atoms with Crippen molar-refractivity contribution in [2.75, 3.05) is 4.90 Å². The van der Waals surface area contributed by atoms with Crippen LogP contribution in [0.1, 0.15) is 78.7 Å². The number of benzene rings is 6. The molecular formula is C46H35NO. The molecule has 48 heavy (non-hydrogen) atoms.